The topological polar surface area (TPSA) is 52.3 Å². The Labute approximate surface area is 106 Å². The third kappa shape index (κ3) is 2.77. The largest absolute Gasteiger partial charge is 0.469 e. The van der Waals surface area contributed by atoms with Crippen molar-refractivity contribution in [1.82, 2.24) is 4.98 Å². The first-order valence-corrected chi connectivity index (χ1v) is 5.68. The van der Waals surface area contributed by atoms with E-state index in [1.54, 1.807) is 6.26 Å². The van der Waals surface area contributed by atoms with Gasteiger partial charge in [0.1, 0.15) is 18.4 Å². The SMILES string of the molecule is COC(=O)Cc1nc(-c2cc(C)cc(C)c2)co1. The summed E-state index contributed by atoms with van der Waals surface area (Å²) in [5.41, 5.74) is 4.07. The summed E-state index contributed by atoms with van der Waals surface area (Å²) >= 11 is 0. The molecule has 0 bridgehead atoms. The standard InChI is InChI=1S/C14H15NO3/c1-9-4-10(2)6-11(5-9)12-8-18-13(15-12)7-14(16)17-3/h4-6,8H,7H2,1-3H3. The first-order chi connectivity index (χ1) is 8.58. The second-order valence-electron chi connectivity index (χ2n) is 4.26. The minimum Gasteiger partial charge on any atom is -0.469 e. The quantitative estimate of drug-likeness (QED) is 0.780. The van der Waals surface area contributed by atoms with Crippen LogP contribution < -0.4 is 0 Å². The highest BCUT2D eigenvalue weighted by Gasteiger charge is 2.11. The van der Waals surface area contributed by atoms with Crippen LogP contribution in [0.4, 0.5) is 0 Å². The number of aryl methyl sites for hydroxylation is 2. The maximum absolute atomic E-state index is 11.1. The normalized spacial score (nSPS) is 10.4. The lowest BCUT2D eigenvalue weighted by Crippen LogP contribution is -2.04. The van der Waals surface area contributed by atoms with E-state index >= 15 is 0 Å². The van der Waals surface area contributed by atoms with Gasteiger partial charge in [0.05, 0.1) is 7.11 Å². The van der Waals surface area contributed by atoms with Gasteiger partial charge in [0, 0.05) is 5.56 Å². The van der Waals surface area contributed by atoms with Gasteiger partial charge in [-0.1, -0.05) is 17.2 Å². The molecule has 0 amide bonds. The molecule has 0 aliphatic rings. The molecule has 0 unspecified atom stereocenters. The van der Waals surface area contributed by atoms with Gasteiger partial charge >= 0.3 is 5.97 Å². The number of hydrogen-bond acceptors (Lipinski definition) is 4. The van der Waals surface area contributed by atoms with Gasteiger partial charge in [-0.2, -0.15) is 0 Å². The number of hydrogen-bond donors (Lipinski definition) is 0. The monoisotopic (exact) mass is 245 g/mol. The summed E-state index contributed by atoms with van der Waals surface area (Å²) in [6.07, 6.45) is 1.62. The number of carbonyl (C=O) groups is 1. The summed E-state index contributed by atoms with van der Waals surface area (Å²) in [4.78, 5) is 15.4. The summed E-state index contributed by atoms with van der Waals surface area (Å²) in [7, 11) is 1.34. The van der Waals surface area contributed by atoms with Gasteiger partial charge in [-0.05, 0) is 26.0 Å². The summed E-state index contributed by atoms with van der Waals surface area (Å²) in [6.45, 7) is 4.07. The van der Waals surface area contributed by atoms with E-state index in [1.807, 2.05) is 26.0 Å². The number of carbonyl (C=O) groups excluding carboxylic acids is 1. The van der Waals surface area contributed by atoms with Crippen LogP contribution in [0.15, 0.2) is 28.9 Å². The first-order valence-electron chi connectivity index (χ1n) is 5.68. The zero-order chi connectivity index (χ0) is 13.1. The van der Waals surface area contributed by atoms with Gasteiger partial charge in [0.15, 0.2) is 0 Å². The molecule has 0 spiro atoms. The van der Waals surface area contributed by atoms with Crippen molar-refractivity contribution in [2.24, 2.45) is 0 Å². The smallest absolute Gasteiger partial charge is 0.314 e. The van der Waals surface area contributed by atoms with Crippen molar-refractivity contribution in [2.45, 2.75) is 20.3 Å². The Morgan fingerprint density at radius 3 is 2.56 bits per heavy atom. The summed E-state index contributed by atoms with van der Waals surface area (Å²) in [5, 5.41) is 0. The first kappa shape index (κ1) is 12.4. The summed E-state index contributed by atoms with van der Waals surface area (Å²) in [6, 6.07) is 6.17. The number of esters is 1. The van der Waals surface area contributed by atoms with Gasteiger partial charge in [-0.3, -0.25) is 4.79 Å². The third-order valence-electron chi connectivity index (χ3n) is 2.59. The zero-order valence-electron chi connectivity index (χ0n) is 10.7. The molecule has 0 N–H and O–H groups in total. The van der Waals surface area contributed by atoms with Crippen LogP contribution in [0.2, 0.25) is 0 Å². The van der Waals surface area contributed by atoms with E-state index in [2.05, 4.69) is 15.8 Å². The fourth-order valence-electron chi connectivity index (χ4n) is 1.84. The second-order valence-corrected chi connectivity index (χ2v) is 4.26. The lowest BCUT2D eigenvalue weighted by molar-refractivity contribution is -0.140. The van der Waals surface area contributed by atoms with E-state index in [1.165, 1.54) is 18.2 Å². The van der Waals surface area contributed by atoms with Gasteiger partial charge < -0.3 is 9.15 Å². The molecule has 4 heteroatoms. The van der Waals surface area contributed by atoms with Crippen molar-refractivity contribution in [1.29, 1.82) is 0 Å². The molecule has 94 valence electrons. The Morgan fingerprint density at radius 2 is 1.94 bits per heavy atom. The lowest BCUT2D eigenvalue weighted by Gasteiger charge is -2.00. The highest BCUT2D eigenvalue weighted by atomic mass is 16.5. The van der Waals surface area contributed by atoms with E-state index in [0.717, 1.165) is 11.3 Å². The highest BCUT2D eigenvalue weighted by Crippen LogP contribution is 2.21. The second kappa shape index (κ2) is 5.04. The van der Waals surface area contributed by atoms with Crippen molar-refractivity contribution < 1.29 is 13.9 Å². The van der Waals surface area contributed by atoms with Crippen molar-refractivity contribution in [3.05, 3.63) is 41.5 Å². The minimum atomic E-state index is -0.358. The van der Waals surface area contributed by atoms with Crippen LogP contribution in [0.5, 0.6) is 0 Å². The molecule has 1 aromatic heterocycles. The molecule has 0 saturated heterocycles. The summed E-state index contributed by atoms with van der Waals surface area (Å²) < 4.78 is 9.83. The summed E-state index contributed by atoms with van der Waals surface area (Å²) in [5.74, 6) is 0.0137. The minimum absolute atomic E-state index is 0.0568. The predicted molar refractivity (Wildman–Crippen MR) is 67.1 cm³/mol. The van der Waals surface area contributed by atoms with Gasteiger partial charge in [-0.15, -0.1) is 0 Å². The average molecular weight is 245 g/mol. The fraction of sp³-hybridized carbons (Fsp3) is 0.286. The molecule has 18 heavy (non-hydrogen) atoms. The zero-order valence-corrected chi connectivity index (χ0v) is 10.7. The van der Waals surface area contributed by atoms with Crippen LogP contribution >= 0.6 is 0 Å². The van der Waals surface area contributed by atoms with E-state index in [0.29, 0.717) is 5.89 Å². The maximum atomic E-state index is 11.1. The van der Waals surface area contributed by atoms with E-state index in [4.69, 9.17) is 4.42 Å². The molecule has 2 aromatic rings. The predicted octanol–water partition coefficient (Wildman–Crippen LogP) is 2.67. The van der Waals surface area contributed by atoms with E-state index < -0.39 is 0 Å². The molecule has 2 rings (SSSR count). The third-order valence-corrected chi connectivity index (χ3v) is 2.59. The Bertz CT molecular complexity index is 552. The van der Waals surface area contributed by atoms with Crippen LogP contribution in [-0.2, 0) is 16.0 Å². The molecule has 0 fully saturated rings. The Hall–Kier alpha value is -2.10. The van der Waals surface area contributed by atoms with Crippen LogP contribution in [0.25, 0.3) is 11.3 Å². The van der Waals surface area contributed by atoms with Crippen LogP contribution in [0.3, 0.4) is 0 Å². The van der Waals surface area contributed by atoms with Gasteiger partial charge in [-0.25, -0.2) is 4.98 Å². The van der Waals surface area contributed by atoms with Crippen molar-refractivity contribution in [3.8, 4) is 11.3 Å². The Morgan fingerprint density at radius 1 is 1.28 bits per heavy atom. The number of methoxy groups -OCH3 is 1. The molecular weight excluding hydrogens is 230 g/mol. The molecule has 1 aromatic carbocycles. The molecule has 1 heterocycles. The Kier molecular flexibility index (Phi) is 3.46. The van der Waals surface area contributed by atoms with E-state index in [-0.39, 0.29) is 12.4 Å². The number of benzene rings is 1. The van der Waals surface area contributed by atoms with E-state index in [9.17, 15) is 4.79 Å². The van der Waals surface area contributed by atoms with Crippen molar-refractivity contribution in [2.75, 3.05) is 7.11 Å². The maximum Gasteiger partial charge on any atom is 0.314 e. The number of ether oxygens (including phenoxy) is 1. The fourth-order valence-corrected chi connectivity index (χ4v) is 1.84. The van der Waals surface area contributed by atoms with Crippen molar-refractivity contribution in [3.63, 3.8) is 0 Å². The average Bonchev–Trinajstić information content (AvgIpc) is 2.76. The molecule has 0 saturated carbocycles. The number of oxazole rings is 1. The van der Waals surface area contributed by atoms with Gasteiger partial charge in [0.2, 0.25) is 5.89 Å². The lowest BCUT2D eigenvalue weighted by atomic mass is 10.1. The number of nitrogens with zero attached hydrogens (tertiary/aromatic N) is 1. The molecular formula is C14H15NO3. The number of aromatic nitrogens is 1. The molecule has 0 radical (unpaired) electrons. The van der Waals surface area contributed by atoms with Crippen molar-refractivity contribution >= 4 is 5.97 Å². The van der Waals surface area contributed by atoms with Crippen LogP contribution in [0, 0.1) is 13.8 Å². The Balaban J connectivity index is 2.26. The molecule has 0 aliphatic heterocycles. The molecule has 4 nitrogen and oxygen atoms in total. The number of rotatable bonds is 3. The molecule has 0 atom stereocenters. The van der Waals surface area contributed by atoms with Crippen LogP contribution in [0.1, 0.15) is 17.0 Å². The highest BCUT2D eigenvalue weighted by molar-refractivity contribution is 5.71. The van der Waals surface area contributed by atoms with Gasteiger partial charge in [0.25, 0.3) is 0 Å². The molecule has 0 aliphatic carbocycles. The van der Waals surface area contributed by atoms with Crippen LogP contribution in [-0.4, -0.2) is 18.1 Å².